The highest BCUT2D eigenvalue weighted by Gasteiger charge is 2.18. The van der Waals surface area contributed by atoms with Crippen LogP contribution >= 0.6 is 0 Å². The number of carbonyl (C=O) groups excluding carboxylic acids is 2. The minimum Gasteiger partial charge on any atom is -0.444 e. The molecule has 1 aromatic rings. The Hall–Kier alpha value is -2.81. The predicted molar refractivity (Wildman–Crippen MR) is 111 cm³/mol. The van der Waals surface area contributed by atoms with E-state index in [2.05, 4.69) is 21.1 Å². The van der Waals surface area contributed by atoms with Crippen LogP contribution in [0.1, 0.15) is 47.1 Å². The Balaban J connectivity index is 2.63. The van der Waals surface area contributed by atoms with Crippen molar-refractivity contribution in [1.29, 1.82) is 0 Å². The molecule has 0 bridgehead atoms. The Morgan fingerprint density at radius 3 is 2.00 bits per heavy atom. The Labute approximate surface area is 172 Å². The average Bonchev–Trinajstić information content (AvgIpc) is 2.53. The number of rotatable bonds is 5. The first-order valence-corrected chi connectivity index (χ1v) is 9.31. The molecule has 0 aliphatic rings. The molecule has 0 atom stereocenters. The molecule has 29 heavy (non-hydrogen) atoms. The molecule has 0 fully saturated rings. The predicted octanol–water partition coefficient (Wildman–Crippen LogP) is 3.42. The lowest BCUT2D eigenvalue weighted by atomic mass is 10.1. The van der Waals surface area contributed by atoms with E-state index in [-0.39, 0.29) is 5.96 Å². The lowest BCUT2D eigenvalue weighted by Gasteiger charge is -2.20. The molecule has 0 saturated carbocycles. The van der Waals surface area contributed by atoms with Crippen molar-refractivity contribution >= 4 is 23.8 Å². The van der Waals surface area contributed by atoms with Crippen molar-refractivity contribution in [2.24, 2.45) is 4.99 Å². The van der Waals surface area contributed by atoms with Gasteiger partial charge >= 0.3 is 12.2 Å². The molecule has 0 unspecified atom stereocenters. The Morgan fingerprint density at radius 2 is 1.48 bits per heavy atom. The molecule has 9 heteroatoms. The zero-order valence-corrected chi connectivity index (χ0v) is 18.2. The van der Waals surface area contributed by atoms with E-state index < -0.39 is 23.4 Å². The fraction of sp³-hybridized carbons (Fsp3) is 0.550. The molecule has 3 N–H and O–H groups in total. The van der Waals surface area contributed by atoms with E-state index in [0.29, 0.717) is 18.7 Å². The summed E-state index contributed by atoms with van der Waals surface area (Å²) >= 11 is 0. The molecule has 0 aromatic heterocycles. The lowest BCUT2D eigenvalue weighted by molar-refractivity contribution is 0.0523. The van der Waals surface area contributed by atoms with Gasteiger partial charge < -0.3 is 14.8 Å². The first kappa shape index (κ1) is 24.2. The molecule has 1 aromatic carbocycles. The highest BCUT2D eigenvalue weighted by molar-refractivity contribution is 5.94. The van der Waals surface area contributed by atoms with Gasteiger partial charge in [0.1, 0.15) is 11.2 Å². The highest BCUT2D eigenvalue weighted by atomic mass is 16.6. The van der Waals surface area contributed by atoms with Gasteiger partial charge in [0, 0.05) is 6.54 Å². The summed E-state index contributed by atoms with van der Waals surface area (Å²) in [7, 11) is 1.41. The van der Waals surface area contributed by atoms with Crippen molar-refractivity contribution in [3.63, 3.8) is 0 Å². The minimum absolute atomic E-state index is 0.0982. The van der Waals surface area contributed by atoms with Crippen LogP contribution in [0.4, 0.5) is 15.3 Å². The molecule has 0 saturated heterocycles. The number of benzene rings is 1. The van der Waals surface area contributed by atoms with E-state index in [4.69, 9.17) is 14.3 Å². The van der Waals surface area contributed by atoms with E-state index in [9.17, 15) is 9.59 Å². The second-order valence-electron chi connectivity index (χ2n) is 8.24. The zero-order chi connectivity index (χ0) is 22.1. The largest absolute Gasteiger partial charge is 0.444 e. The van der Waals surface area contributed by atoms with Gasteiger partial charge in [0.15, 0.2) is 0 Å². The summed E-state index contributed by atoms with van der Waals surface area (Å²) in [6.45, 7) is 11.2. The lowest BCUT2D eigenvalue weighted by Crippen LogP contribution is -2.42. The average molecular weight is 408 g/mol. The van der Waals surface area contributed by atoms with Gasteiger partial charge in [-0.2, -0.15) is 0 Å². The maximum atomic E-state index is 11.9. The van der Waals surface area contributed by atoms with Gasteiger partial charge in [-0.25, -0.2) is 20.1 Å². The molecular weight excluding hydrogens is 376 g/mol. The van der Waals surface area contributed by atoms with Crippen molar-refractivity contribution in [3.8, 4) is 0 Å². The summed E-state index contributed by atoms with van der Waals surface area (Å²) in [4.78, 5) is 32.7. The van der Waals surface area contributed by atoms with Gasteiger partial charge in [-0.05, 0) is 65.7 Å². The second kappa shape index (κ2) is 10.7. The minimum atomic E-state index is -0.648. The van der Waals surface area contributed by atoms with Gasteiger partial charge in [0.2, 0.25) is 5.96 Å². The molecular formula is C20H32N4O5. The van der Waals surface area contributed by atoms with Crippen LogP contribution in [0.2, 0.25) is 0 Å². The number of hydrogen-bond donors (Lipinski definition) is 3. The smallest absolute Gasteiger partial charge is 0.414 e. The third-order valence-electron chi connectivity index (χ3n) is 3.08. The Bertz CT molecular complexity index is 703. The number of hydroxylamine groups is 1. The maximum Gasteiger partial charge on any atom is 0.414 e. The summed E-state index contributed by atoms with van der Waals surface area (Å²) < 4.78 is 10.4. The van der Waals surface area contributed by atoms with Crippen LogP contribution in [-0.4, -0.2) is 43.0 Å². The SMILES string of the molecule is CONC(=Nc1ccc(CCNC(=O)OC(C)(C)C)cc1)NC(=O)OC(C)(C)C. The summed E-state index contributed by atoms with van der Waals surface area (Å²) in [6, 6.07) is 7.34. The maximum absolute atomic E-state index is 11.9. The van der Waals surface area contributed by atoms with Crippen LogP contribution in [0.15, 0.2) is 29.3 Å². The third-order valence-corrected chi connectivity index (χ3v) is 3.08. The number of ether oxygens (including phenoxy) is 2. The van der Waals surface area contributed by atoms with E-state index in [1.165, 1.54) is 7.11 Å². The van der Waals surface area contributed by atoms with Crippen LogP contribution in [-0.2, 0) is 20.7 Å². The number of carbonyl (C=O) groups is 2. The van der Waals surface area contributed by atoms with Gasteiger partial charge in [-0.15, -0.1) is 0 Å². The van der Waals surface area contributed by atoms with Gasteiger partial charge in [-0.3, -0.25) is 10.2 Å². The van der Waals surface area contributed by atoms with Crippen LogP contribution < -0.4 is 16.1 Å². The first-order valence-electron chi connectivity index (χ1n) is 9.31. The summed E-state index contributed by atoms with van der Waals surface area (Å²) in [6.07, 6.45) is -0.449. The summed E-state index contributed by atoms with van der Waals surface area (Å²) in [5.74, 6) is 0.0982. The second-order valence-corrected chi connectivity index (χ2v) is 8.24. The highest BCUT2D eigenvalue weighted by Crippen LogP contribution is 2.14. The number of amides is 2. The number of alkyl carbamates (subject to hydrolysis) is 2. The van der Waals surface area contributed by atoms with Crippen molar-refractivity contribution in [2.45, 2.75) is 59.2 Å². The normalized spacial score (nSPS) is 12.2. The van der Waals surface area contributed by atoms with Crippen LogP contribution in [0.25, 0.3) is 0 Å². The number of guanidine groups is 1. The van der Waals surface area contributed by atoms with E-state index in [0.717, 1.165) is 5.56 Å². The molecule has 0 spiro atoms. The number of aliphatic imine (C=N–C) groups is 1. The first-order chi connectivity index (χ1) is 13.4. The number of nitrogens with one attached hydrogen (secondary N) is 3. The molecule has 0 aliphatic carbocycles. The summed E-state index contributed by atoms with van der Waals surface area (Å²) in [5, 5.41) is 5.21. The number of nitrogens with zero attached hydrogens (tertiary/aromatic N) is 1. The van der Waals surface area contributed by atoms with Gasteiger partial charge in [0.25, 0.3) is 0 Å². The molecule has 2 amide bonds. The number of hydrogen-bond acceptors (Lipinski definition) is 6. The van der Waals surface area contributed by atoms with Crippen LogP contribution in [0.5, 0.6) is 0 Å². The molecule has 162 valence electrons. The molecule has 0 radical (unpaired) electrons. The van der Waals surface area contributed by atoms with Crippen molar-refractivity contribution in [3.05, 3.63) is 29.8 Å². The topological polar surface area (TPSA) is 110 Å². The molecule has 9 nitrogen and oxygen atoms in total. The molecule has 0 heterocycles. The zero-order valence-electron chi connectivity index (χ0n) is 18.2. The monoisotopic (exact) mass is 408 g/mol. The molecule has 0 aliphatic heterocycles. The van der Waals surface area contributed by atoms with Crippen molar-refractivity contribution in [2.75, 3.05) is 13.7 Å². The Morgan fingerprint density at radius 1 is 0.931 bits per heavy atom. The fourth-order valence-corrected chi connectivity index (χ4v) is 2.06. The van der Waals surface area contributed by atoms with Crippen molar-refractivity contribution < 1.29 is 23.9 Å². The van der Waals surface area contributed by atoms with E-state index in [1.807, 2.05) is 32.9 Å². The van der Waals surface area contributed by atoms with E-state index in [1.54, 1.807) is 32.9 Å². The summed E-state index contributed by atoms with van der Waals surface area (Å²) in [5.41, 5.74) is 2.97. The fourth-order valence-electron chi connectivity index (χ4n) is 2.06. The van der Waals surface area contributed by atoms with Gasteiger partial charge in [0.05, 0.1) is 12.8 Å². The Kier molecular flexibility index (Phi) is 8.90. The standard InChI is InChI=1S/C20H32N4O5/c1-19(2,3)28-17(25)21-13-12-14-8-10-15(11-9-14)22-16(24-27-7)23-18(26)29-20(4,5)6/h8-11H,12-13H2,1-7H3,(H,21,25)(H2,22,23,24,26). The molecule has 1 rings (SSSR count). The van der Waals surface area contributed by atoms with Crippen LogP contribution in [0, 0.1) is 0 Å². The van der Waals surface area contributed by atoms with Crippen LogP contribution in [0.3, 0.4) is 0 Å². The quantitative estimate of drug-likeness (QED) is 0.391. The third kappa shape index (κ3) is 11.6. The van der Waals surface area contributed by atoms with E-state index >= 15 is 0 Å². The van der Waals surface area contributed by atoms with Crippen molar-refractivity contribution in [1.82, 2.24) is 16.1 Å². The van der Waals surface area contributed by atoms with Gasteiger partial charge in [-0.1, -0.05) is 12.1 Å².